The van der Waals surface area contributed by atoms with Gasteiger partial charge in [-0.2, -0.15) is 0 Å². The second kappa shape index (κ2) is 6.16. The van der Waals surface area contributed by atoms with Crippen LogP contribution in [0.5, 0.6) is 11.6 Å². The van der Waals surface area contributed by atoms with Crippen LogP contribution in [0, 0.1) is 6.92 Å². The number of ether oxygens (including phenoxy) is 1. The fraction of sp³-hybridized carbons (Fsp3) is 0.118. The van der Waals surface area contributed by atoms with E-state index in [4.69, 9.17) is 4.74 Å². The second-order valence-corrected chi connectivity index (χ2v) is 6.33. The molecule has 106 valence electrons. The summed E-state index contributed by atoms with van der Waals surface area (Å²) in [5.74, 6) is 1.45. The van der Waals surface area contributed by atoms with Crippen LogP contribution in [0.25, 0.3) is 10.8 Å². The van der Waals surface area contributed by atoms with Crippen LogP contribution in [0.1, 0.15) is 11.1 Å². The monoisotopic (exact) mass is 405 g/mol. The summed E-state index contributed by atoms with van der Waals surface area (Å²) in [6.07, 6.45) is 1.83. The molecule has 0 atom stereocenters. The van der Waals surface area contributed by atoms with Gasteiger partial charge in [0.05, 0.1) is 0 Å². The van der Waals surface area contributed by atoms with E-state index in [0.717, 1.165) is 32.1 Å². The highest BCUT2D eigenvalue weighted by Gasteiger charge is 2.05. The molecule has 0 saturated heterocycles. The highest BCUT2D eigenvalue weighted by Crippen LogP contribution is 2.28. The molecule has 0 spiro atoms. The maximum absolute atomic E-state index is 5.91. The summed E-state index contributed by atoms with van der Waals surface area (Å²) in [6.45, 7) is 2.01. The molecule has 0 amide bonds. The Morgan fingerprint density at radius 1 is 1.05 bits per heavy atom. The number of nitrogens with zero attached hydrogens (tertiary/aromatic N) is 1. The molecule has 0 bridgehead atoms. The number of benzene rings is 2. The molecule has 0 unspecified atom stereocenters. The van der Waals surface area contributed by atoms with Crippen molar-refractivity contribution >= 4 is 42.6 Å². The minimum absolute atomic E-state index is 0.649. The maximum atomic E-state index is 5.91. The lowest BCUT2D eigenvalue weighted by atomic mass is 10.1. The molecule has 0 aliphatic carbocycles. The van der Waals surface area contributed by atoms with Gasteiger partial charge in [0.2, 0.25) is 5.88 Å². The van der Waals surface area contributed by atoms with Gasteiger partial charge in [0.1, 0.15) is 5.75 Å². The van der Waals surface area contributed by atoms with Crippen molar-refractivity contribution in [1.82, 2.24) is 4.98 Å². The van der Waals surface area contributed by atoms with E-state index in [1.165, 1.54) is 5.39 Å². The van der Waals surface area contributed by atoms with Gasteiger partial charge >= 0.3 is 0 Å². The molecule has 0 aliphatic rings. The number of hydrogen-bond acceptors (Lipinski definition) is 2. The first-order chi connectivity index (χ1) is 10.2. The van der Waals surface area contributed by atoms with Crippen molar-refractivity contribution in [2.45, 2.75) is 12.3 Å². The summed E-state index contributed by atoms with van der Waals surface area (Å²) in [5, 5.41) is 3.12. The quantitative estimate of drug-likeness (QED) is 0.498. The summed E-state index contributed by atoms with van der Waals surface area (Å²) >= 11 is 6.91. The van der Waals surface area contributed by atoms with Crippen molar-refractivity contribution in [2.75, 3.05) is 0 Å². The highest BCUT2D eigenvalue weighted by atomic mass is 79.9. The van der Waals surface area contributed by atoms with E-state index in [1.807, 2.05) is 31.3 Å². The minimum Gasteiger partial charge on any atom is -0.439 e. The van der Waals surface area contributed by atoms with E-state index in [-0.39, 0.29) is 0 Å². The average molecular weight is 407 g/mol. The van der Waals surface area contributed by atoms with Crippen LogP contribution in [-0.4, -0.2) is 4.98 Å². The molecule has 1 aromatic heterocycles. The first-order valence-corrected chi connectivity index (χ1v) is 8.46. The number of alkyl halides is 1. The molecule has 3 rings (SSSR count). The van der Waals surface area contributed by atoms with E-state index >= 15 is 0 Å². The van der Waals surface area contributed by atoms with E-state index < -0.39 is 0 Å². The number of pyridine rings is 1. The van der Waals surface area contributed by atoms with Gasteiger partial charge in [-0.05, 0) is 53.6 Å². The Hall–Kier alpha value is -1.39. The standard InChI is InChI=1S/C17H13Br2NO/c1-11-6-12(9-18)10-20-17(11)21-16-5-3-13-7-15(19)4-2-14(13)8-16/h2-8,10H,9H2,1H3. The third-order valence-corrected chi connectivity index (χ3v) is 4.37. The first kappa shape index (κ1) is 14.5. The summed E-state index contributed by atoms with van der Waals surface area (Å²) in [5.41, 5.74) is 2.17. The zero-order chi connectivity index (χ0) is 14.8. The molecule has 2 nitrogen and oxygen atoms in total. The van der Waals surface area contributed by atoms with Gasteiger partial charge in [-0.25, -0.2) is 4.98 Å². The summed E-state index contributed by atoms with van der Waals surface area (Å²) in [7, 11) is 0. The smallest absolute Gasteiger partial charge is 0.222 e. The van der Waals surface area contributed by atoms with Crippen LogP contribution in [0.3, 0.4) is 0 Å². The Bertz CT molecular complexity index is 802. The normalized spacial score (nSPS) is 10.8. The van der Waals surface area contributed by atoms with Gasteiger partial charge < -0.3 is 4.74 Å². The Morgan fingerprint density at radius 2 is 1.81 bits per heavy atom. The Morgan fingerprint density at radius 3 is 2.57 bits per heavy atom. The summed E-state index contributed by atoms with van der Waals surface area (Å²) < 4.78 is 6.98. The van der Waals surface area contributed by atoms with Crippen molar-refractivity contribution < 1.29 is 4.74 Å². The van der Waals surface area contributed by atoms with Crippen LogP contribution in [0.4, 0.5) is 0 Å². The Balaban J connectivity index is 1.92. The molecule has 2 aromatic carbocycles. The molecule has 21 heavy (non-hydrogen) atoms. The molecule has 0 saturated carbocycles. The van der Waals surface area contributed by atoms with Gasteiger partial charge in [-0.1, -0.05) is 44.0 Å². The van der Waals surface area contributed by atoms with Gasteiger partial charge in [0.15, 0.2) is 0 Å². The minimum atomic E-state index is 0.649. The molecular formula is C17H13Br2NO. The lowest BCUT2D eigenvalue weighted by Crippen LogP contribution is -1.93. The molecule has 0 aliphatic heterocycles. The molecule has 0 radical (unpaired) electrons. The second-order valence-electron chi connectivity index (χ2n) is 4.85. The first-order valence-electron chi connectivity index (χ1n) is 6.54. The van der Waals surface area contributed by atoms with Crippen molar-refractivity contribution in [3.63, 3.8) is 0 Å². The molecule has 0 fully saturated rings. The fourth-order valence-electron chi connectivity index (χ4n) is 2.17. The lowest BCUT2D eigenvalue weighted by molar-refractivity contribution is 0.459. The predicted molar refractivity (Wildman–Crippen MR) is 93.3 cm³/mol. The van der Waals surface area contributed by atoms with E-state index in [1.54, 1.807) is 0 Å². The molecular weight excluding hydrogens is 394 g/mol. The summed E-state index contributed by atoms with van der Waals surface area (Å²) in [4.78, 5) is 4.38. The zero-order valence-electron chi connectivity index (χ0n) is 11.4. The van der Waals surface area contributed by atoms with E-state index in [9.17, 15) is 0 Å². The van der Waals surface area contributed by atoms with Crippen LogP contribution in [0.2, 0.25) is 0 Å². The zero-order valence-corrected chi connectivity index (χ0v) is 14.6. The van der Waals surface area contributed by atoms with Crippen LogP contribution in [-0.2, 0) is 5.33 Å². The molecule has 0 N–H and O–H groups in total. The van der Waals surface area contributed by atoms with Crippen LogP contribution >= 0.6 is 31.9 Å². The lowest BCUT2D eigenvalue weighted by Gasteiger charge is -2.09. The molecule has 4 heteroatoms. The van der Waals surface area contributed by atoms with E-state index in [2.05, 4.69) is 61.1 Å². The molecule has 3 aromatic rings. The third kappa shape index (κ3) is 3.27. The Labute approximate surface area is 140 Å². The van der Waals surface area contributed by atoms with Crippen molar-refractivity contribution in [2.24, 2.45) is 0 Å². The van der Waals surface area contributed by atoms with Gasteiger partial charge in [0, 0.05) is 21.6 Å². The van der Waals surface area contributed by atoms with Crippen LogP contribution < -0.4 is 4.74 Å². The third-order valence-electron chi connectivity index (χ3n) is 3.23. The fourth-order valence-corrected chi connectivity index (χ4v) is 2.86. The number of fused-ring (bicyclic) bond motifs is 1. The number of aryl methyl sites for hydroxylation is 1. The number of rotatable bonds is 3. The van der Waals surface area contributed by atoms with Crippen molar-refractivity contribution in [1.29, 1.82) is 0 Å². The van der Waals surface area contributed by atoms with Gasteiger partial charge in [-0.15, -0.1) is 0 Å². The Kier molecular flexibility index (Phi) is 4.27. The molecule has 1 heterocycles. The van der Waals surface area contributed by atoms with Gasteiger partial charge in [-0.3, -0.25) is 0 Å². The topological polar surface area (TPSA) is 22.1 Å². The summed E-state index contributed by atoms with van der Waals surface area (Å²) in [6, 6.07) is 14.3. The van der Waals surface area contributed by atoms with Gasteiger partial charge in [0.25, 0.3) is 0 Å². The number of aromatic nitrogens is 1. The average Bonchev–Trinajstić information content (AvgIpc) is 2.49. The number of hydrogen-bond donors (Lipinski definition) is 0. The van der Waals surface area contributed by atoms with Crippen molar-refractivity contribution in [3.8, 4) is 11.6 Å². The van der Waals surface area contributed by atoms with Crippen LogP contribution in [0.15, 0.2) is 53.1 Å². The van der Waals surface area contributed by atoms with Crippen molar-refractivity contribution in [3.05, 3.63) is 64.3 Å². The largest absolute Gasteiger partial charge is 0.439 e. The van der Waals surface area contributed by atoms with E-state index in [0.29, 0.717) is 5.88 Å². The predicted octanol–water partition coefficient (Wildman–Crippen LogP) is 5.99. The highest BCUT2D eigenvalue weighted by molar-refractivity contribution is 9.10. The SMILES string of the molecule is Cc1cc(CBr)cnc1Oc1ccc2cc(Br)ccc2c1. The maximum Gasteiger partial charge on any atom is 0.222 e. The number of halogens is 2.